The Morgan fingerprint density at radius 2 is 1.81 bits per heavy atom. The van der Waals surface area contributed by atoms with Crippen molar-refractivity contribution in [2.45, 2.75) is 27.4 Å². The first-order chi connectivity index (χ1) is 9.90. The zero-order chi connectivity index (χ0) is 15.6. The molecular weight excluding hydrogens is 285 g/mol. The lowest BCUT2D eigenvalue weighted by molar-refractivity contribution is 0.301. The fraction of sp³-hybridized carbons (Fsp3) is 0.235. The Morgan fingerprint density at radius 1 is 1.14 bits per heavy atom. The maximum atomic E-state index is 13.3. The van der Waals surface area contributed by atoms with Gasteiger partial charge >= 0.3 is 0 Å². The molecule has 0 fully saturated rings. The molecule has 0 heterocycles. The molecule has 0 aliphatic carbocycles. The second-order valence-corrected chi connectivity index (χ2v) is 5.55. The van der Waals surface area contributed by atoms with Crippen LogP contribution in [0.15, 0.2) is 30.3 Å². The Bertz CT molecular complexity index is 697. The molecule has 2 N–H and O–H groups in total. The van der Waals surface area contributed by atoms with Crippen molar-refractivity contribution < 1.29 is 9.13 Å². The van der Waals surface area contributed by atoms with Gasteiger partial charge in [0.25, 0.3) is 0 Å². The molecule has 0 aliphatic rings. The van der Waals surface area contributed by atoms with Crippen molar-refractivity contribution >= 4 is 17.2 Å². The molecule has 2 aromatic carbocycles. The van der Waals surface area contributed by atoms with Gasteiger partial charge in [-0.2, -0.15) is 0 Å². The SMILES string of the molecule is Cc1ccc(C)c(OCc2ccc(F)cc2C(N)=S)c1C. The molecule has 0 saturated carbocycles. The fourth-order valence-corrected chi connectivity index (χ4v) is 2.39. The number of thiocarbonyl (C=S) groups is 1. The topological polar surface area (TPSA) is 35.2 Å². The summed E-state index contributed by atoms with van der Waals surface area (Å²) < 4.78 is 19.2. The van der Waals surface area contributed by atoms with Gasteiger partial charge in [-0.25, -0.2) is 4.39 Å². The second-order valence-electron chi connectivity index (χ2n) is 5.11. The van der Waals surface area contributed by atoms with Gasteiger partial charge in [-0.3, -0.25) is 0 Å². The normalized spacial score (nSPS) is 10.5. The van der Waals surface area contributed by atoms with Gasteiger partial charge in [0, 0.05) is 5.56 Å². The van der Waals surface area contributed by atoms with Crippen LogP contribution in [0.1, 0.15) is 27.8 Å². The quantitative estimate of drug-likeness (QED) is 0.868. The van der Waals surface area contributed by atoms with Crippen molar-refractivity contribution in [3.63, 3.8) is 0 Å². The summed E-state index contributed by atoms with van der Waals surface area (Å²) in [5, 5.41) is 0. The van der Waals surface area contributed by atoms with Gasteiger partial charge in [0.1, 0.15) is 23.2 Å². The van der Waals surface area contributed by atoms with Crippen LogP contribution in [0.4, 0.5) is 4.39 Å². The van der Waals surface area contributed by atoms with Crippen LogP contribution < -0.4 is 10.5 Å². The smallest absolute Gasteiger partial charge is 0.125 e. The average Bonchev–Trinajstić information content (AvgIpc) is 2.44. The lowest BCUT2D eigenvalue weighted by atomic mass is 10.0. The third kappa shape index (κ3) is 3.39. The van der Waals surface area contributed by atoms with Crippen LogP contribution in [0.3, 0.4) is 0 Å². The van der Waals surface area contributed by atoms with E-state index in [1.807, 2.05) is 26.8 Å². The van der Waals surface area contributed by atoms with E-state index in [1.165, 1.54) is 17.7 Å². The van der Waals surface area contributed by atoms with Gasteiger partial charge in [0.15, 0.2) is 0 Å². The maximum Gasteiger partial charge on any atom is 0.125 e. The highest BCUT2D eigenvalue weighted by molar-refractivity contribution is 7.80. The molecule has 21 heavy (non-hydrogen) atoms. The Labute approximate surface area is 129 Å². The molecule has 0 aliphatic heterocycles. The van der Waals surface area contributed by atoms with E-state index in [2.05, 4.69) is 6.07 Å². The summed E-state index contributed by atoms with van der Waals surface area (Å²) in [6.07, 6.45) is 0. The van der Waals surface area contributed by atoms with E-state index in [4.69, 9.17) is 22.7 Å². The van der Waals surface area contributed by atoms with Crippen LogP contribution in [0.2, 0.25) is 0 Å². The molecule has 0 spiro atoms. The summed E-state index contributed by atoms with van der Waals surface area (Å²) in [5.41, 5.74) is 10.3. The molecule has 4 heteroatoms. The van der Waals surface area contributed by atoms with Gasteiger partial charge < -0.3 is 10.5 Å². The lowest BCUT2D eigenvalue weighted by Gasteiger charge is -2.15. The van der Waals surface area contributed by atoms with Crippen LogP contribution in [-0.4, -0.2) is 4.99 Å². The molecule has 110 valence electrons. The summed E-state index contributed by atoms with van der Waals surface area (Å²) in [5.74, 6) is 0.498. The van der Waals surface area contributed by atoms with E-state index in [-0.39, 0.29) is 10.8 Å². The van der Waals surface area contributed by atoms with Crippen molar-refractivity contribution in [3.05, 3.63) is 64.0 Å². The average molecular weight is 303 g/mol. The van der Waals surface area contributed by atoms with E-state index in [9.17, 15) is 4.39 Å². The van der Waals surface area contributed by atoms with E-state index in [0.29, 0.717) is 12.2 Å². The summed E-state index contributed by atoms with van der Waals surface area (Å²) in [6.45, 7) is 6.37. The van der Waals surface area contributed by atoms with Gasteiger partial charge in [-0.05, 0) is 55.2 Å². The third-order valence-electron chi connectivity index (χ3n) is 3.58. The number of benzene rings is 2. The maximum absolute atomic E-state index is 13.3. The van der Waals surface area contributed by atoms with E-state index < -0.39 is 0 Å². The predicted molar refractivity (Wildman–Crippen MR) is 87.3 cm³/mol. The molecule has 0 saturated heterocycles. The first-order valence-electron chi connectivity index (χ1n) is 6.68. The number of rotatable bonds is 4. The van der Waals surface area contributed by atoms with Crippen molar-refractivity contribution in [1.82, 2.24) is 0 Å². The molecule has 0 atom stereocenters. The molecule has 2 nitrogen and oxygen atoms in total. The molecule has 2 rings (SSSR count). The van der Waals surface area contributed by atoms with Gasteiger partial charge in [-0.1, -0.05) is 30.4 Å². The van der Waals surface area contributed by atoms with Gasteiger partial charge in [0.2, 0.25) is 0 Å². The van der Waals surface area contributed by atoms with Crippen molar-refractivity contribution in [3.8, 4) is 5.75 Å². The first kappa shape index (κ1) is 15.4. The number of hydrogen-bond acceptors (Lipinski definition) is 2. The van der Waals surface area contributed by atoms with E-state index in [1.54, 1.807) is 6.07 Å². The lowest BCUT2D eigenvalue weighted by Crippen LogP contribution is -2.14. The fourth-order valence-electron chi connectivity index (χ4n) is 2.20. The van der Waals surface area contributed by atoms with E-state index >= 15 is 0 Å². The third-order valence-corrected chi connectivity index (χ3v) is 3.80. The Morgan fingerprint density at radius 3 is 2.48 bits per heavy atom. The monoisotopic (exact) mass is 303 g/mol. The van der Waals surface area contributed by atoms with Crippen molar-refractivity contribution in [2.24, 2.45) is 5.73 Å². The summed E-state index contributed by atoms with van der Waals surface area (Å²) in [7, 11) is 0. The van der Waals surface area contributed by atoms with Crippen LogP contribution >= 0.6 is 12.2 Å². The molecule has 0 aromatic heterocycles. The first-order valence-corrected chi connectivity index (χ1v) is 7.09. The second kappa shape index (κ2) is 6.22. The molecule has 2 aromatic rings. The molecule has 0 bridgehead atoms. The van der Waals surface area contributed by atoms with Crippen molar-refractivity contribution in [1.29, 1.82) is 0 Å². The molecule has 0 radical (unpaired) electrons. The van der Waals surface area contributed by atoms with Crippen LogP contribution in [0, 0.1) is 26.6 Å². The van der Waals surface area contributed by atoms with Crippen LogP contribution in [-0.2, 0) is 6.61 Å². The minimum absolute atomic E-state index is 0.172. The van der Waals surface area contributed by atoms with Crippen LogP contribution in [0.5, 0.6) is 5.75 Å². The highest BCUT2D eigenvalue weighted by Crippen LogP contribution is 2.27. The Hall–Kier alpha value is -1.94. The standard InChI is InChI=1S/C17H18FNOS/c1-10-4-5-11(2)16(12(10)3)20-9-13-6-7-14(18)8-15(13)17(19)21/h4-8H,9H2,1-3H3,(H2,19,21). The van der Waals surface area contributed by atoms with E-state index in [0.717, 1.165) is 22.4 Å². The van der Waals surface area contributed by atoms with Gasteiger partial charge in [0.05, 0.1) is 0 Å². The Balaban J connectivity index is 2.29. The number of ether oxygens (including phenoxy) is 1. The zero-order valence-corrected chi connectivity index (χ0v) is 13.2. The van der Waals surface area contributed by atoms with Crippen molar-refractivity contribution in [2.75, 3.05) is 0 Å². The number of aryl methyl sites for hydroxylation is 2. The molecule has 0 amide bonds. The predicted octanol–water partition coefficient (Wildman–Crippen LogP) is 3.96. The highest BCUT2D eigenvalue weighted by Gasteiger charge is 2.10. The molecule has 0 unspecified atom stereocenters. The van der Waals surface area contributed by atoms with Gasteiger partial charge in [-0.15, -0.1) is 0 Å². The minimum Gasteiger partial charge on any atom is -0.488 e. The largest absolute Gasteiger partial charge is 0.488 e. The summed E-state index contributed by atoms with van der Waals surface area (Å²) >= 11 is 4.97. The number of hydrogen-bond donors (Lipinski definition) is 1. The van der Waals surface area contributed by atoms with Crippen LogP contribution in [0.25, 0.3) is 0 Å². The highest BCUT2D eigenvalue weighted by atomic mass is 32.1. The number of nitrogens with two attached hydrogens (primary N) is 1. The summed E-state index contributed by atoms with van der Waals surface area (Å²) in [6, 6.07) is 8.48. The zero-order valence-electron chi connectivity index (χ0n) is 12.4. The minimum atomic E-state index is -0.357. The molecular formula is C17H18FNOS. The number of halogens is 1. The summed E-state index contributed by atoms with van der Waals surface area (Å²) in [4.78, 5) is 0.172. The Kier molecular flexibility index (Phi) is 4.58.